The Hall–Kier alpha value is -1.62. The van der Waals surface area contributed by atoms with Crippen LogP contribution < -0.4 is 4.72 Å². The third-order valence-electron chi connectivity index (χ3n) is 3.14. The molecule has 0 unspecified atom stereocenters. The van der Waals surface area contributed by atoms with E-state index >= 15 is 0 Å². The minimum atomic E-state index is -3.56. The molecule has 1 fully saturated rings. The summed E-state index contributed by atoms with van der Waals surface area (Å²) in [4.78, 5) is 0. The van der Waals surface area contributed by atoms with Crippen molar-refractivity contribution in [3.63, 3.8) is 0 Å². The van der Waals surface area contributed by atoms with Crippen LogP contribution in [0.1, 0.15) is 18.4 Å². The van der Waals surface area contributed by atoms with Crippen molar-refractivity contribution in [1.82, 2.24) is 0 Å². The lowest BCUT2D eigenvalue weighted by atomic mass is 10.2. The molecule has 0 aliphatic carbocycles. The van der Waals surface area contributed by atoms with Gasteiger partial charge in [-0.1, -0.05) is 11.8 Å². The van der Waals surface area contributed by atoms with E-state index in [1.165, 1.54) is 12.1 Å². The van der Waals surface area contributed by atoms with Gasteiger partial charge in [-0.05, 0) is 31.0 Å². The molecule has 21 heavy (non-hydrogen) atoms. The predicted octanol–water partition coefficient (Wildman–Crippen LogP) is 1.09. The maximum Gasteiger partial charge on any atom is 0.235 e. The number of halogens is 1. The number of hydrogen-bond donors (Lipinski definition) is 2. The maximum atomic E-state index is 13.8. The van der Waals surface area contributed by atoms with Gasteiger partial charge in [-0.2, -0.15) is 0 Å². The molecule has 0 saturated carbocycles. The molecule has 0 radical (unpaired) electrons. The molecule has 0 amide bonds. The highest BCUT2D eigenvalue weighted by atomic mass is 32.2. The summed E-state index contributed by atoms with van der Waals surface area (Å²) in [5.74, 6) is 4.15. The SMILES string of the molecule is O=S(=O)(Nc1ccc(C#CCO)c(F)c1)C1CCOCC1. The molecule has 0 atom stereocenters. The number of sulfonamides is 1. The molecule has 2 N–H and O–H groups in total. The molecule has 0 spiro atoms. The first-order valence-corrected chi connectivity index (χ1v) is 8.06. The Kier molecular flexibility index (Phi) is 5.17. The van der Waals surface area contributed by atoms with Crippen LogP contribution in [-0.4, -0.2) is 38.6 Å². The van der Waals surface area contributed by atoms with Gasteiger partial charge in [0.1, 0.15) is 12.4 Å². The number of anilines is 1. The topological polar surface area (TPSA) is 75.6 Å². The van der Waals surface area contributed by atoms with Crippen molar-refractivity contribution < 1.29 is 22.7 Å². The third kappa shape index (κ3) is 4.17. The predicted molar refractivity (Wildman–Crippen MR) is 76.7 cm³/mol. The van der Waals surface area contributed by atoms with Gasteiger partial charge in [-0.3, -0.25) is 4.72 Å². The van der Waals surface area contributed by atoms with E-state index < -0.39 is 21.1 Å². The molecular weight excluding hydrogens is 297 g/mol. The second-order valence-electron chi connectivity index (χ2n) is 4.61. The molecule has 0 bridgehead atoms. The van der Waals surface area contributed by atoms with Crippen molar-refractivity contribution >= 4 is 15.7 Å². The van der Waals surface area contributed by atoms with Gasteiger partial charge in [0.05, 0.1) is 16.5 Å². The van der Waals surface area contributed by atoms with Crippen LogP contribution in [0.5, 0.6) is 0 Å². The fourth-order valence-corrected chi connectivity index (χ4v) is 3.48. The largest absolute Gasteiger partial charge is 0.384 e. The van der Waals surface area contributed by atoms with E-state index in [1.54, 1.807) is 0 Å². The van der Waals surface area contributed by atoms with Gasteiger partial charge < -0.3 is 9.84 Å². The summed E-state index contributed by atoms with van der Waals surface area (Å²) in [7, 11) is -3.56. The van der Waals surface area contributed by atoms with E-state index in [0.717, 1.165) is 6.07 Å². The van der Waals surface area contributed by atoms with Crippen LogP contribution in [0.25, 0.3) is 0 Å². The summed E-state index contributed by atoms with van der Waals surface area (Å²) in [6.45, 7) is 0.461. The molecule has 7 heteroatoms. The summed E-state index contributed by atoms with van der Waals surface area (Å²) in [5, 5.41) is 8.05. The summed E-state index contributed by atoms with van der Waals surface area (Å²) >= 11 is 0. The number of benzene rings is 1. The third-order valence-corrected chi connectivity index (χ3v) is 5.01. The van der Waals surface area contributed by atoms with Crippen molar-refractivity contribution in [2.24, 2.45) is 0 Å². The van der Waals surface area contributed by atoms with Gasteiger partial charge in [0.25, 0.3) is 0 Å². The van der Waals surface area contributed by atoms with Crippen molar-refractivity contribution in [2.75, 3.05) is 24.5 Å². The first-order chi connectivity index (χ1) is 10.0. The highest BCUT2D eigenvalue weighted by Crippen LogP contribution is 2.20. The first-order valence-electron chi connectivity index (χ1n) is 6.51. The normalized spacial score (nSPS) is 16.1. The van der Waals surface area contributed by atoms with Crippen molar-refractivity contribution in [2.45, 2.75) is 18.1 Å². The van der Waals surface area contributed by atoms with Gasteiger partial charge in [0.2, 0.25) is 10.0 Å². The highest BCUT2D eigenvalue weighted by molar-refractivity contribution is 7.93. The summed E-state index contributed by atoms with van der Waals surface area (Å²) in [6, 6.07) is 3.90. The molecule has 1 aromatic rings. The number of nitrogens with one attached hydrogen (secondary N) is 1. The summed E-state index contributed by atoms with van der Waals surface area (Å²) in [6.07, 6.45) is 0.857. The van der Waals surface area contributed by atoms with Crippen LogP contribution >= 0.6 is 0 Å². The Morgan fingerprint density at radius 1 is 1.38 bits per heavy atom. The summed E-state index contributed by atoms with van der Waals surface area (Å²) in [5.41, 5.74) is 0.270. The molecule has 114 valence electrons. The van der Waals surface area contributed by atoms with Crippen LogP contribution in [0.2, 0.25) is 0 Å². The average Bonchev–Trinajstić information content (AvgIpc) is 2.47. The quantitative estimate of drug-likeness (QED) is 0.819. The zero-order valence-electron chi connectivity index (χ0n) is 11.3. The maximum absolute atomic E-state index is 13.8. The van der Waals surface area contributed by atoms with E-state index in [9.17, 15) is 12.8 Å². The number of ether oxygens (including phenoxy) is 1. The van der Waals surface area contributed by atoms with Gasteiger partial charge in [-0.25, -0.2) is 12.8 Å². The molecule has 5 nitrogen and oxygen atoms in total. The fraction of sp³-hybridized carbons (Fsp3) is 0.429. The molecular formula is C14H16FNO4S. The number of rotatable bonds is 3. The second kappa shape index (κ2) is 6.89. The lowest BCUT2D eigenvalue weighted by Crippen LogP contribution is -2.33. The van der Waals surface area contributed by atoms with E-state index in [4.69, 9.17) is 9.84 Å². The van der Waals surface area contributed by atoms with Gasteiger partial charge in [0, 0.05) is 13.2 Å². The number of aliphatic hydroxyl groups is 1. The highest BCUT2D eigenvalue weighted by Gasteiger charge is 2.27. The smallest absolute Gasteiger partial charge is 0.235 e. The number of hydrogen-bond acceptors (Lipinski definition) is 4. The molecule has 1 aliphatic heterocycles. The van der Waals surface area contributed by atoms with Crippen LogP contribution in [-0.2, 0) is 14.8 Å². The van der Waals surface area contributed by atoms with E-state index in [1.807, 2.05) is 0 Å². The molecule has 1 aromatic carbocycles. The lowest BCUT2D eigenvalue weighted by molar-refractivity contribution is 0.0984. The van der Waals surface area contributed by atoms with Crippen LogP contribution in [0.3, 0.4) is 0 Å². The fourth-order valence-electron chi connectivity index (χ4n) is 2.05. The Morgan fingerprint density at radius 2 is 2.10 bits per heavy atom. The first kappa shape index (κ1) is 15.8. The van der Waals surface area contributed by atoms with Gasteiger partial charge in [-0.15, -0.1) is 0 Å². The molecule has 1 heterocycles. The monoisotopic (exact) mass is 313 g/mol. The van der Waals surface area contributed by atoms with Crippen LogP contribution in [0.15, 0.2) is 18.2 Å². The standard InChI is InChI=1S/C14H16FNO4S/c15-14-10-12(4-3-11(14)2-1-7-17)16-21(18,19)13-5-8-20-9-6-13/h3-4,10,13,16-17H,5-9H2. The Morgan fingerprint density at radius 3 is 2.71 bits per heavy atom. The summed E-state index contributed by atoms with van der Waals surface area (Å²) < 4.78 is 45.6. The Labute approximate surface area is 123 Å². The van der Waals surface area contributed by atoms with E-state index in [0.29, 0.717) is 26.1 Å². The number of aliphatic hydroxyl groups excluding tert-OH is 1. The second-order valence-corrected chi connectivity index (χ2v) is 6.57. The lowest BCUT2D eigenvalue weighted by Gasteiger charge is -2.22. The average molecular weight is 313 g/mol. The van der Waals surface area contributed by atoms with Crippen LogP contribution in [0.4, 0.5) is 10.1 Å². The zero-order valence-corrected chi connectivity index (χ0v) is 12.1. The molecule has 2 rings (SSSR count). The minimum absolute atomic E-state index is 0.109. The minimum Gasteiger partial charge on any atom is -0.384 e. The van der Waals surface area contributed by atoms with Crippen molar-refractivity contribution in [3.05, 3.63) is 29.6 Å². The van der Waals surface area contributed by atoms with Gasteiger partial charge in [0.15, 0.2) is 0 Å². The van der Waals surface area contributed by atoms with Gasteiger partial charge >= 0.3 is 0 Å². The van der Waals surface area contributed by atoms with Crippen molar-refractivity contribution in [1.29, 1.82) is 0 Å². The zero-order chi connectivity index (χ0) is 15.3. The van der Waals surface area contributed by atoms with E-state index in [-0.39, 0.29) is 17.9 Å². The van der Waals surface area contributed by atoms with Crippen LogP contribution in [0, 0.1) is 17.7 Å². The van der Waals surface area contributed by atoms with E-state index in [2.05, 4.69) is 16.6 Å². The molecule has 0 aromatic heterocycles. The molecule has 1 saturated heterocycles. The Balaban J connectivity index is 2.14. The Bertz CT molecular complexity index is 657. The molecule has 1 aliphatic rings. The van der Waals surface area contributed by atoms with Crippen molar-refractivity contribution in [3.8, 4) is 11.8 Å².